The first-order chi connectivity index (χ1) is 7.85. The Hall–Kier alpha value is -0.180. The molecule has 0 bridgehead atoms. The monoisotopic (exact) mass is 284 g/mol. The smallest absolute Gasteiger partial charge is 0.211 e. The summed E-state index contributed by atoms with van der Waals surface area (Å²) in [5, 5.41) is 2.87. The van der Waals surface area contributed by atoms with E-state index >= 15 is 0 Å². The summed E-state index contributed by atoms with van der Waals surface area (Å²) in [7, 11) is -4.67. The lowest BCUT2D eigenvalue weighted by atomic mass is 10.2. The predicted molar refractivity (Wildman–Crippen MR) is 67.1 cm³/mol. The van der Waals surface area contributed by atoms with Crippen molar-refractivity contribution in [2.75, 3.05) is 30.9 Å². The average Bonchev–Trinajstić information content (AvgIpc) is 2.15. The van der Waals surface area contributed by atoms with Crippen molar-refractivity contribution in [3.8, 4) is 0 Å². The number of sulfonamides is 1. The molecular formula is C9H20N2O4S2. The number of nitrogens with one attached hydrogen (secondary N) is 2. The largest absolute Gasteiger partial charge is 0.320 e. The summed E-state index contributed by atoms with van der Waals surface area (Å²) in [6.07, 6.45) is 1.65. The zero-order chi connectivity index (χ0) is 12.9. The summed E-state index contributed by atoms with van der Waals surface area (Å²) in [5.41, 5.74) is 0. The quantitative estimate of drug-likeness (QED) is 0.616. The van der Waals surface area contributed by atoms with Crippen molar-refractivity contribution < 1.29 is 16.8 Å². The molecule has 1 rings (SSSR count). The summed E-state index contributed by atoms with van der Waals surface area (Å²) in [6.45, 7) is 0.629. The third-order valence-corrected chi connectivity index (χ3v) is 5.99. The maximum Gasteiger partial charge on any atom is 0.211 e. The van der Waals surface area contributed by atoms with Crippen LogP contribution in [0.4, 0.5) is 0 Å². The van der Waals surface area contributed by atoms with Crippen LogP contribution in [0.15, 0.2) is 0 Å². The fourth-order valence-electron chi connectivity index (χ4n) is 1.87. The Balaban J connectivity index is 2.47. The average molecular weight is 284 g/mol. The number of hydrogen-bond donors (Lipinski definition) is 2. The van der Waals surface area contributed by atoms with Crippen molar-refractivity contribution in [2.45, 2.75) is 25.3 Å². The van der Waals surface area contributed by atoms with Gasteiger partial charge in [0.1, 0.15) is 0 Å². The highest BCUT2D eigenvalue weighted by Crippen LogP contribution is 2.12. The van der Waals surface area contributed by atoms with Crippen LogP contribution >= 0.6 is 0 Å². The second-order valence-corrected chi connectivity index (χ2v) is 8.45. The van der Waals surface area contributed by atoms with E-state index in [0.717, 1.165) is 0 Å². The number of hydrogen-bond acceptors (Lipinski definition) is 5. The van der Waals surface area contributed by atoms with Gasteiger partial charge in [-0.1, -0.05) is 0 Å². The van der Waals surface area contributed by atoms with E-state index in [0.29, 0.717) is 25.8 Å². The Morgan fingerprint density at radius 2 is 2.06 bits per heavy atom. The molecule has 1 heterocycles. The van der Waals surface area contributed by atoms with Gasteiger partial charge in [0.05, 0.1) is 17.3 Å². The molecule has 2 N–H and O–H groups in total. The minimum absolute atomic E-state index is 0.0321. The van der Waals surface area contributed by atoms with Gasteiger partial charge in [-0.3, -0.25) is 0 Å². The van der Waals surface area contributed by atoms with Crippen LogP contribution in [0.1, 0.15) is 19.3 Å². The molecular weight excluding hydrogens is 264 g/mol. The van der Waals surface area contributed by atoms with Crippen LogP contribution in [0.5, 0.6) is 0 Å². The Bertz CT molecular complexity index is 430. The van der Waals surface area contributed by atoms with Gasteiger partial charge in [0.2, 0.25) is 10.0 Å². The molecule has 102 valence electrons. The fraction of sp³-hybridized carbons (Fsp3) is 1.00. The van der Waals surface area contributed by atoms with Crippen molar-refractivity contribution in [1.29, 1.82) is 0 Å². The van der Waals surface area contributed by atoms with Crippen LogP contribution < -0.4 is 10.0 Å². The maximum atomic E-state index is 11.7. The Morgan fingerprint density at radius 3 is 2.65 bits per heavy atom. The molecule has 1 unspecified atom stereocenters. The second kappa shape index (κ2) is 6.12. The van der Waals surface area contributed by atoms with Crippen molar-refractivity contribution in [2.24, 2.45) is 0 Å². The minimum atomic E-state index is -3.36. The molecule has 0 aromatic heterocycles. The standard InChI is InChI=1S/C9H20N2O4S2/c1-10-5-3-7-17(14,15)11-9-4-2-6-16(12,13)8-9/h9-11H,2-8H2,1H3. The van der Waals surface area contributed by atoms with E-state index in [1.54, 1.807) is 7.05 Å². The first-order valence-electron chi connectivity index (χ1n) is 5.70. The second-order valence-electron chi connectivity index (χ2n) is 4.35. The Kier molecular flexibility index (Phi) is 5.36. The zero-order valence-electron chi connectivity index (χ0n) is 9.98. The summed E-state index contributed by atoms with van der Waals surface area (Å²) < 4.78 is 48.5. The maximum absolute atomic E-state index is 11.7. The predicted octanol–water partition coefficient (Wildman–Crippen LogP) is -0.907. The summed E-state index contributed by atoms with van der Waals surface area (Å²) in [4.78, 5) is 0. The fourth-order valence-corrected chi connectivity index (χ4v) is 4.96. The highest BCUT2D eigenvalue weighted by Gasteiger charge is 2.27. The molecule has 0 amide bonds. The van der Waals surface area contributed by atoms with Crippen molar-refractivity contribution >= 4 is 19.9 Å². The molecule has 0 aromatic rings. The van der Waals surface area contributed by atoms with Crippen molar-refractivity contribution in [1.82, 2.24) is 10.0 Å². The first-order valence-corrected chi connectivity index (χ1v) is 9.17. The summed E-state index contributed by atoms with van der Waals surface area (Å²) >= 11 is 0. The molecule has 17 heavy (non-hydrogen) atoms. The van der Waals surface area contributed by atoms with Gasteiger partial charge in [0, 0.05) is 6.04 Å². The Morgan fingerprint density at radius 1 is 1.35 bits per heavy atom. The highest BCUT2D eigenvalue weighted by atomic mass is 32.2. The van der Waals surface area contributed by atoms with E-state index in [1.165, 1.54) is 0 Å². The van der Waals surface area contributed by atoms with E-state index < -0.39 is 25.9 Å². The lowest BCUT2D eigenvalue weighted by molar-refractivity contribution is 0.516. The third-order valence-electron chi connectivity index (χ3n) is 2.65. The van der Waals surface area contributed by atoms with Crippen LogP contribution in [-0.4, -0.2) is 53.7 Å². The van der Waals surface area contributed by atoms with Gasteiger partial charge >= 0.3 is 0 Å². The van der Waals surface area contributed by atoms with E-state index in [2.05, 4.69) is 10.0 Å². The normalized spacial score (nSPS) is 24.6. The minimum Gasteiger partial charge on any atom is -0.320 e. The molecule has 8 heteroatoms. The van der Waals surface area contributed by atoms with Crippen LogP contribution in [0.3, 0.4) is 0 Å². The topological polar surface area (TPSA) is 92.3 Å². The van der Waals surface area contributed by atoms with Crippen molar-refractivity contribution in [3.63, 3.8) is 0 Å². The van der Waals surface area contributed by atoms with Gasteiger partial charge in [-0.2, -0.15) is 0 Å². The van der Waals surface area contributed by atoms with Crippen LogP contribution in [0.25, 0.3) is 0 Å². The van der Waals surface area contributed by atoms with Gasteiger partial charge in [-0.25, -0.2) is 21.6 Å². The van der Waals surface area contributed by atoms with Gasteiger partial charge in [0.25, 0.3) is 0 Å². The third kappa shape index (κ3) is 5.80. The van der Waals surface area contributed by atoms with Gasteiger partial charge in [-0.15, -0.1) is 0 Å². The van der Waals surface area contributed by atoms with E-state index in [-0.39, 0.29) is 17.3 Å². The molecule has 0 aliphatic carbocycles. The molecule has 1 fully saturated rings. The van der Waals surface area contributed by atoms with E-state index in [1.807, 2.05) is 0 Å². The van der Waals surface area contributed by atoms with Crippen LogP contribution in [0, 0.1) is 0 Å². The van der Waals surface area contributed by atoms with E-state index in [9.17, 15) is 16.8 Å². The molecule has 0 saturated carbocycles. The number of sulfone groups is 1. The van der Waals surface area contributed by atoms with Crippen LogP contribution in [0.2, 0.25) is 0 Å². The van der Waals surface area contributed by atoms with Gasteiger partial charge in [-0.05, 0) is 32.9 Å². The lowest BCUT2D eigenvalue weighted by Crippen LogP contribution is -2.44. The summed E-state index contributed by atoms with van der Waals surface area (Å²) in [6, 6.07) is -0.451. The molecule has 1 aliphatic heterocycles. The molecule has 1 aliphatic rings. The molecule has 0 spiro atoms. The lowest BCUT2D eigenvalue weighted by Gasteiger charge is -2.22. The van der Waals surface area contributed by atoms with Crippen LogP contribution in [-0.2, 0) is 19.9 Å². The van der Waals surface area contributed by atoms with Gasteiger partial charge < -0.3 is 5.32 Å². The molecule has 1 atom stereocenters. The highest BCUT2D eigenvalue weighted by molar-refractivity contribution is 7.91. The summed E-state index contributed by atoms with van der Waals surface area (Å²) in [5.74, 6) is 0.133. The number of rotatable bonds is 6. The van der Waals surface area contributed by atoms with Gasteiger partial charge in [0.15, 0.2) is 9.84 Å². The molecule has 6 nitrogen and oxygen atoms in total. The van der Waals surface area contributed by atoms with E-state index in [4.69, 9.17) is 0 Å². The molecule has 1 saturated heterocycles. The van der Waals surface area contributed by atoms with Crippen molar-refractivity contribution in [3.05, 3.63) is 0 Å². The Labute approximate surface area is 103 Å². The SMILES string of the molecule is CNCCCS(=O)(=O)NC1CCCS(=O)(=O)C1. The zero-order valence-corrected chi connectivity index (χ0v) is 11.6. The molecule has 0 radical (unpaired) electrons. The molecule has 0 aromatic carbocycles. The first kappa shape index (κ1) is 14.9.